The monoisotopic (exact) mass is 296 g/mol. The van der Waals surface area contributed by atoms with Crippen LogP contribution in [-0.2, 0) is 10.0 Å². The first-order valence-electron chi connectivity index (χ1n) is 6.07. The summed E-state index contributed by atoms with van der Waals surface area (Å²) in [5, 5.41) is 4.55. The van der Waals surface area contributed by atoms with Gasteiger partial charge < -0.3 is 0 Å². The molecule has 1 N–H and O–H groups in total. The van der Waals surface area contributed by atoms with Crippen molar-refractivity contribution >= 4 is 27.3 Å². The van der Waals surface area contributed by atoms with Crippen molar-refractivity contribution < 1.29 is 8.42 Å². The van der Waals surface area contributed by atoms with E-state index in [0.29, 0.717) is 16.9 Å². The number of allylic oxidation sites excluding steroid dienone is 2. The van der Waals surface area contributed by atoms with Gasteiger partial charge in [0.2, 0.25) is 0 Å². The highest BCUT2D eigenvalue weighted by Gasteiger charge is 2.38. The number of benzene rings is 1. The van der Waals surface area contributed by atoms with Gasteiger partial charge in [-0.15, -0.1) is 0 Å². The molecular formula is C13H13ClN2O2S. The first-order chi connectivity index (χ1) is 9.06. The predicted octanol–water partition coefficient (Wildman–Crippen LogP) is 2.57. The van der Waals surface area contributed by atoms with Crippen LogP contribution in [0.4, 0.5) is 0 Å². The maximum absolute atomic E-state index is 12.0. The van der Waals surface area contributed by atoms with E-state index in [0.717, 1.165) is 18.6 Å². The van der Waals surface area contributed by atoms with Gasteiger partial charge >= 0.3 is 0 Å². The Bertz CT molecular complexity index is 650. The van der Waals surface area contributed by atoms with Crippen LogP contribution in [0.1, 0.15) is 12.8 Å². The number of nitrogens with zero attached hydrogens (tertiary/aromatic N) is 1. The second kappa shape index (κ2) is 4.65. The topological polar surface area (TPSA) is 58.5 Å². The van der Waals surface area contributed by atoms with Gasteiger partial charge in [0, 0.05) is 16.7 Å². The third-order valence-corrected chi connectivity index (χ3v) is 5.07. The molecule has 0 radical (unpaired) electrons. The number of fused-ring (bicyclic) bond motifs is 1. The average Bonchev–Trinajstić information content (AvgIpc) is 2.72. The maximum Gasteiger partial charge on any atom is 0.276 e. The SMILES string of the molecule is O=S(=O)(N/N=C1\C[C@@H]2C=CC[C@H]12)c1ccc(Cl)cc1. The summed E-state index contributed by atoms with van der Waals surface area (Å²) in [4.78, 5) is 2.47. The molecule has 1 aromatic rings. The third-order valence-electron chi connectivity index (χ3n) is 3.60. The zero-order valence-corrected chi connectivity index (χ0v) is 11.7. The lowest BCUT2D eigenvalue weighted by Gasteiger charge is -2.31. The summed E-state index contributed by atoms with van der Waals surface area (Å²) in [6.45, 7) is 0. The summed E-state index contributed by atoms with van der Waals surface area (Å²) in [7, 11) is -3.59. The zero-order chi connectivity index (χ0) is 13.5. The van der Waals surface area contributed by atoms with Crippen molar-refractivity contribution in [2.45, 2.75) is 17.7 Å². The summed E-state index contributed by atoms with van der Waals surface area (Å²) < 4.78 is 24.0. The van der Waals surface area contributed by atoms with Crippen molar-refractivity contribution in [1.29, 1.82) is 0 Å². The van der Waals surface area contributed by atoms with Gasteiger partial charge in [-0.2, -0.15) is 13.5 Å². The molecule has 19 heavy (non-hydrogen) atoms. The van der Waals surface area contributed by atoms with Gasteiger partial charge in [0.1, 0.15) is 0 Å². The Morgan fingerprint density at radius 2 is 2.00 bits per heavy atom. The van der Waals surface area contributed by atoms with Crippen LogP contribution in [0, 0.1) is 11.8 Å². The van der Waals surface area contributed by atoms with Crippen LogP contribution in [-0.4, -0.2) is 14.1 Å². The minimum atomic E-state index is -3.59. The van der Waals surface area contributed by atoms with Crippen LogP contribution >= 0.6 is 11.6 Å². The molecule has 0 heterocycles. The van der Waals surface area contributed by atoms with Crippen LogP contribution in [0.3, 0.4) is 0 Å². The second-order valence-corrected chi connectivity index (χ2v) is 6.89. The van der Waals surface area contributed by atoms with Crippen molar-refractivity contribution in [3.63, 3.8) is 0 Å². The van der Waals surface area contributed by atoms with Gasteiger partial charge in [-0.05, 0) is 43.0 Å². The van der Waals surface area contributed by atoms with Gasteiger partial charge in [-0.1, -0.05) is 23.8 Å². The minimum Gasteiger partial charge on any atom is -0.200 e. The Kier molecular flexibility index (Phi) is 3.11. The smallest absolute Gasteiger partial charge is 0.200 e. The maximum atomic E-state index is 12.0. The number of hydrazone groups is 1. The molecule has 0 aromatic heterocycles. The van der Waals surface area contributed by atoms with E-state index >= 15 is 0 Å². The number of rotatable bonds is 3. The lowest BCUT2D eigenvalue weighted by molar-refractivity contribution is 0.463. The molecule has 100 valence electrons. The van der Waals surface area contributed by atoms with E-state index in [1.54, 1.807) is 12.1 Å². The Hall–Kier alpha value is -1.33. The fraction of sp³-hybridized carbons (Fsp3) is 0.308. The molecule has 2 aliphatic carbocycles. The van der Waals surface area contributed by atoms with Crippen molar-refractivity contribution in [2.75, 3.05) is 0 Å². The van der Waals surface area contributed by atoms with Crippen molar-refractivity contribution in [2.24, 2.45) is 16.9 Å². The lowest BCUT2D eigenvalue weighted by Crippen LogP contribution is -2.35. The van der Waals surface area contributed by atoms with Gasteiger partial charge in [0.25, 0.3) is 10.0 Å². The van der Waals surface area contributed by atoms with Gasteiger partial charge in [-0.25, -0.2) is 4.83 Å². The molecule has 1 aromatic carbocycles. The molecule has 0 amide bonds. The number of sulfonamides is 1. The molecule has 0 saturated heterocycles. The van der Waals surface area contributed by atoms with E-state index in [4.69, 9.17) is 11.6 Å². The van der Waals surface area contributed by atoms with E-state index in [1.807, 2.05) is 0 Å². The van der Waals surface area contributed by atoms with E-state index in [9.17, 15) is 8.42 Å². The van der Waals surface area contributed by atoms with Crippen LogP contribution < -0.4 is 4.83 Å². The minimum absolute atomic E-state index is 0.168. The second-order valence-electron chi connectivity index (χ2n) is 4.79. The molecule has 4 nitrogen and oxygen atoms in total. The lowest BCUT2D eigenvalue weighted by atomic mass is 9.74. The molecule has 1 fully saturated rings. The molecule has 2 aliphatic rings. The van der Waals surface area contributed by atoms with Gasteiger partial charge in [0.15, 0.2) is 0 Å². The van der Waals surface area contributed by atoms with Gasteiger partial charge in [0.05, 0.1) is 4.90 Å². The first-order valence-corrected chi connectivity index (χ1v) is 7.93. The Balaban J connectivity index is 1.72. The van der Waals surface area contributed by atoms with Crippen LogP contribution in [0.5, 0.6) is 0 Å². The highest BCUT2D eigenvalue weighted by molar-refractivity contribution is 7.89. The van der Waals surface area contributed by atoms with Crippen molar-refractivity contribution in [3.05, 3.63) is 41.4 Å². The number of halogens is 1. The van der Waals surface area contributed by atoms with E-state index in [2.05, 4.69) is 22.1 Å². The summed E-state index contributed by atoms with van der Waals surface area (Å²) in [5.41, 5.74) is 0.938. The molecule has 6 heteroatoms. The summed E-state index contributed by atoms with van der Waals surface area (Å²) >= 11 is 5.73. The molecular weight excluding hydrogens is 284 g/mol. The van der Waals surface area contributed by atoms with Crippen molar-refractivity contribution in [1.82, 2.24) is 4.83 Å². The largest absolute Gasteiger partial charge is 0.276 e. The predicted molar refractivity (Wildman–Crippen MR) is 74.6 cm³/mol. The Labute approximate surface area is 117 Å². The quantitative estimate of drug-likeness (QED) is 0.688. The van der Waals surface area contributed by atoms with Gasteiger partial charge in [-0.3, -0.25) is 0 Å². The number of hydrogen-bond acceptors (Lipinski definition) is 3. The molecule has 2 atom stereocenters. The van der Waals surface area contributed by atoms with Crippen LogP contribution in [0.15, 0.2) is 46.4 Å². The summed E-state index contributed by atoms with van der Waals surface area (Å²) in [6.07, 6.45) is 6.12. The first kappa shape index (κ1) is 12.7. The number of nitrogens with one attached hydrogen (secondary N) is 1. The average molecular weight is 297 g/mol. The molecule has 1 saturated carbocycles. The number of hydrogen-bond donors (Lipinski definition) is 1. The fourth-order valence-corrected chi connectivity index (χ4v) is 3.41. The molecule has 3 rings (SSSR count). The molecule has 0 spiro atoms. The van der Waals surface area contributed by atoms with E-state index in [1.165, 1.54) is 12.1 Å². The van der Waals surface area contributed by atoms with Crippen LogP contribution in [0.25, 0.3) is 0 Å². The summed E-state index contributed by atoms with van der Waals surface area (Å²) in [6, 6.07) is 6.02. The van der Waals surface area contributed by atoms with E-state index in [-0.39, 0.29) is 4.90 Å². The Morgan fingerprint density at radius 3 is 2.68 bits per heavy atom. The Morgan fingerprint density at radius 1 is 1.26 bits per heavy atom. The molecule has 0 bridgehead atoms. The standard InChI is InChI=1S/C13H13ClN2O2S/c14-10-4-6-11(7-5-10)19(17,18)16-15-13-8-9-2-1-3-12(9)13/h1-2,4-7,9,12,16H,3,8H2/b15-13+/t9-,12-/m0/s1. The van der Waals surface area contributed by atoms with Crippen LogP contribution in [0.2, 0.25) is 5.02 Å². The highest BCUT2D eigenvalue weighted by atomic mass is 35.5. The van der Waals surface area contributed by atoms with Crippen molar-refractivity contribution in [3.8, 4) is 0 Å². The highest BCUT2D eigenvalue weighted by Crippen LogP contribution is 2.40. The zero-order valence-electron chi connectivity index (χ0n) is 10.1. The fourth-order valence-electron chi connectivity index (χ4n) is 2.45. The summed E-state index contributed by atoms with van der Waals surface area (Å²) in [5.74, 6) is 0.951. The molecule has 0 aliphatic heterocycles. The third kappa shape index (κ3) is 2.40. The van der Waals surface area contributed by atoms with E-state index < -0.39 is 10.0 Å². The molecule has 0 unspecified atom stereocenters. The normalized spacial score (nSPS) is 27.1.